The van der Waals surface area contributed by atoms with Gasteiger partial charge in [-0.05, 0) is 12.1 Å². The molecule has 1 saturated heterocycles. The zero-order valence-electron chi connectivity index (χ0n) is 15.1. The maximum absolute atomic E-state index is 12.0. The van der Waals surface area contributed by atoms with Gasteiger partial charge in [0.1, 0.15) is 0 Å². The van der Waals surface area contributed by atoms with Gasteiger partial charge in [-0.15, -0.1) is 5.10 Å². The molecule has 1 aliphatic heterocycles. The van der Waals surface area contributed by atoms with Crippen LogP contribution in [0.2, 0.25) is 5.02 Å². The molecule has 3 aromatic rings. The highest BCUT2D eigenvalue weighted by Crippen LogP contribution is 2.33. The third-order valence-electron chi connectivity index (χ3n) is 5.04. The highest BCUT2D eigenvalue weighted by Gasteiger charge is 2.30. The Morgan fingerprint density at radius 2 is 2.25 bits per heavy atom. The number of nitrogens with zero attached hydrogens (tertiary/aromatic N) is 4. The van der Waals surface area contributed by atoms with E-state index in [9.17, 15) is 4.79 Å². The second-order valence-corrected chi connectivity index (χ2v) is 7.19. The van der Waals surface area contributed by atoms with E-state index in [2.05, 4.69) is 25.6 Å². The normalized spacial score (nSPS) is 19.4. The number of nitrogens with one attached hydrogen (secondary N) is 2. The largest absolute Gasteiger partial charge is 0.373 e. The molecule has 0 spiro atoms. The number of benzene rings is 1. The summed E-state index contributed by atoms with van der Waals surface area (Å²) >= 11 is 6.48. The molecule has 2 N–H and O–H groups in total. The zero-order chi connectivity index (χ0) is 19.3. The molecule has 1 atom stereocenters. The van der Waals surface area contributed by atoms with Crippen LogP contribution in [0.5, 0.6) is 0 Å². The van der Waals surface area contributed by atoms with Crippen LogP contribution in [0, 0.1) is 0 Å². The van der Waals surface area contributed by atoms with Crippen molar-refractivity contribution in [3.05, 3.63) is 46.9 Å². The van der Waals surface area contributed by atoms with Gasteiger partial charge in [-0.3, -0.25) is 9.89 Å². The van der Waals surface area contributed by atoms with Gasteiger partial charge >= 0.3 is 0 Å². The highest BCUT2D eigenvalue weighted by molar-refractivity contribution is 6.38. The van der Waals surface area contributed by atoms with E-state index >= 15 is 0 Å². The number of fused-ring (bicyclic) bond motifs is 2. The summed E-state index contributed by atoms with van der Waals surface area (Å²) in [6.45, 7) is 0.464. The van der Waals surface area contributed by atoms with Gasteiger partial charge in [-0.2, -0.15) is 10.1 Å². The van der Waals surface area contributed by atoms with Gasteiger partial charge in [-0.25, -0.2) is 4.68 Å². The Labute approximate surface area is 165 Å². The summed E-state index contributed by atoms with van der Waals surface area (Å²) in [5, 5.41) is 16.0. The summed E-state index contributed by atoms with van der Waals surface area (Å²) in [5.74, 6) is 1.32. The molecule has 9 heteroatoms. The number of aryl methyl sites for hydroxylation is 1. The number of H-pyrrole nitrogens is 1. The second kappa shape index (κ2) is 6.57. The van der Waals surface area contributed by atoms with Crippen LogP contribution < -0.4 is 5.32 Å². The predicted octanol–water partition coefficient (Wildman–Crippen LogP) is 3.16. The van der Waals surface area contributed by atoms with Gasteiger partial charge in [0.15, 0.2) is 11.6 Å². The first kappa shape index (κ1) is 17.2. The first-order valence-corrected chi connectivity index (χ1v) is 9.33. The number of ketones is 1. The minimum atomic E-state index is -0.209. The number of carbonyl (C=O) groups is 1. The molecule has 1 aliphatic carbocycles. The Hall–Kier alpha value is -2.97. The fourth-order valence-corrected chi connectivity index (χ4v) is 3.79. The number of anilines is 2. The molecular weight excluding hydrogens is 380 g/mol. The first-order valence-electron chi connectivity index (χ1n) is 8.96. The Balaban J connectivity index is 1.44. The number of halogens is 1. The van der Waals surface area contributed by atoms with E-state index in [0.717, 1.165) is 27.7 Å². The number of allylic oxidation sites excluding steroid dienone is 2. The number of Topliss-reactive ketones (excluding diaryl/α,β-unsaturated/α-hetero) is 1. The van der Waals surface area contributed by atoms with Crippen molar-refractivity contribution in [1.82, 2.24) is 25.0 Å². The average molecular weight is 397 g/mol. The lowest BCUT2D eigenvalue weighted by molar-refractivity contribution is -0.121. The van der Waals surface area contributed by atoms with Crippen LogP contribution in [0.1, 0.15) is 18.7 Å². The van der Waals surface area contributed by atoms with Crippen LogP contribution in [-0.2, 0) is 16.6 Å². The summed E-state index contributed by atoms with van der Waals surface area (Å²) in [4.78, 5) is 16.6. The number of carbonyl (C=O) groups excluding carboxylic acids is 1. The van der Waals surface area contributed by atoms with E-state index in [4.69, 9.17) is 16.3 Å². The van der Waals surface area contributed by atoms with Crippen molar-refractivity contribution in [2.75, 3.05) is 11.9 Å². The maximum Gasteiger partial charge on any atom is 0.225 e. The number of rotatable bonds is 3. The summed E-state index contributed by atoms with van der Waals surface area (Å²) in [6, 6.07) is 3.77. The second-order valence-electron chi connectivity index (χ2n) is 6.82. The van der Waals surface area contributed by atoms with Crippen molar-refractivity contribution in [1.29, 1.82) is 0 Å². The highest BCUT2D eigenvalue weighted by atomic mass is 35.5. The van der Waals surface area contributed by atoms with Gasteiger partial charge in [0.2, 0.25) is 5.95 Å². The Morgan fingerprint density at radius 3 is 3.14 bits per heavy atom. The van der Waals surface area contributed by atoms with E-state index in [0.29, 0.717) is 36.2 Å². The van der Waals surface area contributed by atoms with Crippen LogP contribution in [-0.4, -0.2) is 43.5 Å². The molecule has 2 aromatic heterocycles. The van der Waals surface area contributed by atoms with Crippen molar-refractivity contribution in [2.24, 2.45) is 7.05 Å². The number of ether oxygens (including phenoxy) is 1. The van der Waals surface area contributed by atoms with Crippen molar-refractivity contribution in [3.63, 3.8) is 0 Å². The topological polar surface area (TPSA) is 97.7 Å². The molecule has 28 heavy (non-hydrogen) atoms. The van der Waals surface area contributed by atoms with E-state index in [1.54, 1.807) is 10.9 Å². The van der Waals surface area contributed by atoms with E-state index in [-0.39, 0.29) is 11.9 Å². The van der Waals surface area contributed by atoms with Crippen molar-refractivity contribution >= 4 is 45.5 Å². The lowest BCUT2D eigenvalue weighted by atomic mass is 9.90. The Morgan fingerprint density at radius 1 is 1.36 bits per heavy atom. The molecule has 0 amide bonds. The summed E-state index contributed by atoms with van der Waals surface area (Å²) in [6.07, 6.45) is 6.25. The molecule has 0 saturated carbocycles. The van der Waals surface area contributed by atoms with Gasteiger partial charge < -0.3 is 10.1 Å². The molecule has 8 nitrogen and oxygen atoms in total. The predicted molar refractivity (Wildman–Crippen MR) is 105 cm³/mol. The van der Waals surface area contributed by atoms with E-state index in [1.165, 1.54) is 0 Å². The first-order chi connectivity index (χ1) is 13.6. The minimum Gasteiger partial charge on any atom is -0.373 e. The molecule has 1 unspecified atom stereocenters. The number of aromatic amines is 1. The van der Waals surface area contributed by atoms with Crippen molar-refractivity contribution in [3.8, 4) is 0 Å². The summed E-state index contributed by atoms with van der Waals surface area (Å²) < 4.78 is 7.42. The number of hydrogen-bond acceptors (Lipinski definition) is 6. The van der Waals surface area contributed by atoms with Crippen LogP contribution in [0.4, 0.5) is 11.6 Å². The molecule has 0 radical (unpaired) electrons. The molecule has 0 bridgehead atoms. The SMILES string of the molecule is Cn1nc(C2=CC=C3C(=O)CCOC3C2)nc1Nc1ccc2[nH]ncc2c1Cl. The van der Waals surface area contributed by atoms with Crippen LogP contribution in [0.25, 0.3) is 16.5 Å². The Bertz CT molecular complexity index is 1160. The average Bonchev–Trinajstić information content (AvgIpc) is 3.31. The molecule has 142 valence electrons. The van der Waals surface area contributed by atoms with Gasteiger partial charge in [0.25, 0.3) is 0 Å². The third-order valence-corrected chi connectivity index (χ3v) is 5.45. The fraction of sp³-hybridized carbons (Fsp3) is 0.263. The van der Waals surface area contributed by atoms with Gasteiger partial charge in [0, 0.05) is 36.4 Å². The third kappa shape index (κ3) is 2.81. The van der Waals surface area contributed by atoms with Crippen LogP contribution in [0.3, 0.4) is 0 Å². The molecule has 2 aliphatic rings. The van der Waals surface area contributed by atoms with Crippen LogP contribution >= 0.6 is 11.6 Å². The zero-order valence-corrected chi connectivity index (χ0v) is 15.8. The molecular formula is C19H17ClN6O2. The fourth-order valence-electron chi connectivity index (χ4n) is 3.53. The quantitative estimate of drug-likeness (QED) is 0.705. The maximum atomic E-state index is 12.0. The molecule has 1 fully saturated rings. The smallest absolute Gasteiger partial charge is 0.225 e. The van der Waals surface area contributed by atoms with Crippen molar-refractivity contribution < 1.29 is 9.53 Å². The molecule has 5 rings (SSSR count). The standard InChI is InChI=1S/C19H17ClN6O2/c1-26-19(22-14-5-4-13-12(17(14)20)9-21-24-13)23-18(25-26)10-2-3-11-15(27)6-7-28-16(11)8-10/h2-5,9,16H,6-8H2,1H3,(H,21,24)(H,22,23,25). The van der Waals surface area contributed by atoms with Crippen LogP contribution in [0.15, 0.2) is 36.1 Å². The summed E-state index contributed by atoms with van der Waals surface area (Å²) in [5.41, 5.74) is 3.26. The lowest BCUT2D eigenvalue weighted by Gasteiger charge is -2.27. The lowest BCUT2D eigenvalue weighted by Crippen LogP contribution is -2.30. The van der Waals surface area contributed by atoms with Crippen molar-refractivity contribution in [2.45, 2.75) is 18.9 Å². The molecule has 3 heterocycles. The van der Waals surface area contributed by atoms with E-state index in [1.807, 2.05) is 31.3 Å². The minimum absolute atomic E-state index is 0.159. The van der Waals surface area contributed by atoms with Gasteiger partial charge in [-0.1, -0.05) is 23.8 Å². The van der Waals surface area contributed by atoms with Gasteiger partial charge in [0.05, 0.1) is 35.1 Å². The van der Waals surface area contributed by atoms with E-state index < -0.39 is 0 Å². The molecule has 1 aromatic carbocycles. The summed E-state index contributed by atoms with van der Waals surface area (Å²) in [7, 11) is 1.81. The Kier molecular flexibility index (Phi) is 4.03. The monoisotopic (exact) mass is 396 g/mol. The number of aromatic nitrogens is 5. The number of hydrogen-bond donors (Lipinski definition) is 2.